The van der Waals surface area contributed by atoms with E-state index >= 15 is 0 Å². The van der Waals surface area contributed by atoms with Crippen LogP contribution in [-0.4, -0.2) is 58.3 Å². The summed E-state index contributed by atoms with van der Waals surface area (Å²) in [7, 11) is 0. The number of benzene rings is 1. The lowest BCUT2D eigenvalue weighted by molar-refractivity contribution is -0.898. The highest BCUT2D eigenvalue weighted by atomic mass is 16.2. The second-order valence-electron chi connectivity index (χ2n) is 7.17. The van der Waals surface area contributed by atoms with Crippen molar-refractivity contribution in [3.63, 3.8) is 0 Å². The predicted octanol–water partition coefficient (Wildman–Crippen LogP) is -0.581. The first-order valence-corrected chi connectivity index (χ1v) is 9.56. The number of rotatable bonds is 5. The SMILES string of the molecule is CC[NH+]1CCN(c2ccc(NC(=O)C[NH+]3CCCCC3)cc2)CC1. The van der Waals surface area contributed by atoms with Crippen molar-refractivity contribution in [3.05, 3.63) is 24.3 Å². The molecule has 2 aliphatic heterocycles. The Morgan fingerprint density at radius 1 is 1.00 bits per heavy atom. The Morgan fingerprint density at radius 2 is 1.67 bits per heavy atom. The largest absolute Gasteiger partial charge is 0.360 e. The first-order valence-electron chi connectivity index (χ1n) is 9.56. The van der Waals surface area contributed by atoms with E-state index in [-0.39, 0.29) is 5.91 Å². The highest BCUT2D eigenvalue weighted by Gasteiger charge is 2.19. The van der Waals surface area contributed by atoms with Crippen LogP contribution >= 0.6 is 0 Å². The number of likely N-dealkylation sites (N-methyl/N-ethyl adjacent to an activating group) is 1. The highest BCUT2D eigenvalue weighted by molar-refractivity contribution is 5.91. The number of piperazine rings is 1. The van der Waals surface area contributed by atoms with Gasteiger partial charge in [0.2, 0.25) is 0 Å². The van der Waals surface area contributed by atoms with Crippen LogP contribution in [-0.2, 0) is 4.79 Å². The Labute approximate surface area is 145 Å². The van der Waals surface area contributed by atoms with Gasteiger partial charge in [-0.05, 0) is 50.5 Å². The van der Waals surface area contributed by atoms with E-state index in [1.807, 2.05) is 12.1 Å². The summed E-state index contributed by atoms with van der Waals surface area (Å²) >= 11 is 0. The number of carbonyl (C=O) groups is 1. The van der Waals surface area contributed by atoms with Crippen molar-refractivity contribution >= 4 is 17.3 Å². The first kappa shape index (κ1) is 17.2. The van der Waals surface area contributed by atoms with Gasteiger partial charge in [0, 0.05) is 11.4 Å². The lowest BCUT2D eigenvalue weighted by Crippen LogP contribution is -3.14. The summed E-state index contributed by atoms with van der Waals surface area (Å²) in [4.78, 5) is 17.8. The first-order chi connectivity index (χ1) is 11.7. The second-order valence-corrected chi connectivity index (χ2v) is 7.17. The van der Waals surface area contributed by atoms with Crippen LogP contribution in [0.5, 0.6) is 0 Å². The van der Waals surface area contributed by atoms with E-state index in [1.165, 1.54) is 49.5 Å². The van der Waals surface area contributed by atoms with Crippen molar-refractivity contribution in [1.29, 1.82) is 0 Å². The molecule has 2 aliphatic rings. The summed E-state index contributed by atoms with van der Waals surface area (Å²) in [5.74, 6) is 0.139. The minimum absolute atomic E-state index is 0.139. The van der Waals surface area contributed by atoms with Gasteiger partial charge in [0.05, 0.1) is 45.8 Å². The van der Waals surface area contributed by atoms with Crippen LogP contribution in [0.1, 0.15) is 26.2 Å². The average Bonchev–Trinajstić information content (AvgIpc) is 2.63. The number of quaternary nitrogens is 2. The van der Waals surface area contributed by atoms with Crippen LogP contribution < -0.4 is 20.0 Å². The Balaban J connectivity index is 1.48. The molecule has 5 nitrogen and oxygen atoms in total. The summed E-state index contributed by atoms with van der Waals surface area (Å²) in [5, 5.41) is 3.05. The third kappa shape index (κ3) is 4.71. The third-order valence-corrected chi connectivity index (χ3v) is 5.46. The maximum Gasteiger partial charge on any atom is 0.279 e. The van der Waals surface area contributed by atoms with Crippen molar-refractivity contribution in [2.45, 2.75) is 26.2 Å². The Kier molecular flexibility index (Phi) is 6.10. The Morgan fingerprint density at radius 3 is 2.29 bits per heavy atom. The van der Waals surface area contributed by atoms with E-state index in [1.54, 1.807) is 4.90 Å². The third-order valence-electron chi connectivity index (χ3n) is 5.46. The number of anilines is 2. The van der Waals surface area contributed by atoms with E-state index in [0.29, 0.717) is 6.54 Å². The maximum atomic E-state index is 12.2. The van der Waals surface area contributed by atoms with Gasteiger partial charge >= 0.3 is 0 Å². The molecule has 24 heavy (non-hydrogen) atoms. The van der Waals surface area contributed by atoms with Crippen LogP contribution in [0.15, 0.2) is 24.3 Å². The minimum atomic E-state index is 0.139. The van der Waals surface area contributed by atoms with E-state index in [4.69, 9.17) is 0 Å². The number of likely N-dealkylation sites (tertiary alicyclic amines) is 1. The Bertz CT molecular complexity index is 517. The van der Waals surface area contributed by atoms with Crippen LogP contribution in [0.4, 0.5) is 11.4 Å². The second kappa shape index (κ2) is 8.49. The monoisotopic (exact) mass is 332 g/mol. The lowest BCUT2D eigenvalue weighted by Gasteiger charge is -2.33. The zero-order chi connectivity index (χ0) is 16.8. The van der Waals surface area contributed by atoms with Gasteiger partial charge in [-0.25, -0.2) is 0 Å². The minimum Gasteiger partial charge on any atom is -0.360 e. The molecule has 3 rings (SSSR count). The van der Waals surface area contributed by atoms with Gasteiger partial charge in [-0.3, -0.25) is 4.79 Å². The zero-order valence-electron chi connectivity index (χ0n) is 14.9. The average molecular weight is 332 g/mol. The topological polar surface area (TPSA) is 41.2 Å². The number of carbonyl (C=O) groups excluding carboxylic acids is 1. The number of hydrogen-bond donors (Lipinski definition) is 3. The van der Waals surface area contributed by atoms with Gasteiger partial charge in [0.25, 0.3) is 5.91 Å². The van der Waals surface area contributed by atoms with Gasteiger partial charge in [-0.2, -0.15) is 0 Å². The van der Waals surface area contributed by atoms with Gasteiger partial charge in [0.15, 0.2) is 6.54 Å². The van der Waals surface area contributed by atoms with Gasteiger partial charge in [-0.1, -0.05) is 0 Å². The molecule has 0 radical (unpaired) electrons. The molecule has 2 saturated heterocycles. The van der Waals surface area contributed by atoms with Crippen molar-refractivity contribution in [2.24, 2.45) is 0 Å². The fourth-order valence-corrected chi connectivity index (χ4v) is 3.85. The molecule has 0 aliphatic carbocycles. The smallest absolute Gasteiger partial charge is 0.279 e. The number of amides is 1. The van der Waals surface area contributed by atoms with Crippen LogP contribution in [0.25, 0.3) is 0 Å². The fourth-order valence-electron chi connectivity index (χ4n) is 3.85. The summed E-state index contributed by atoms with van der Waals surface area (Å²) in [6, 6.07) is 8.36. The van der Waals surface area contributed by atoms with Crippen LogP contribution in [0.2, 0.25) is 0 Å². The number of nitrogens with zero attached hydrogens (tertiary/aromatic N) is 1. The standard InChI is InChI=1S/C19H30N4O/c1-2-21-12-14-23(15-13-21)18-8-6-17(7-9-18)20-19(24)16-22-10-4-3-5-11-22/h6-9H,2-5,10-16H2,1H3,(H,20,24)/p+2. The molecule has 0 saturated carbocycles. The van der Waals surface area contributed by atoms with Crippen molar-refractivity contribution in [2.75, 3.05) is 62.6 Å². The molecule has 1 aromatic rings. The summed E-state index contributed by atoms with van der Waals surface area (Å²) in [6.07, 6.45) is 3.83. The molecule has 3 N–H and O–H groups in total. The van der Waals surface area contributed by atoms with Gasteiger partial charge in [0.1, 0.15) is 0 Å². The molecule has 2 heterocycles. The van der Waals surface area contributed by atoms with E-state index in [2.05, 4.69) is 29.3 Å². The summed E-state index contributed by atoms with van der Waals surface area (Å²) in [5.41, 5.74) is 2.18. The molecular weight excluding hydrogens is 300 g/mol. The Hall–Kier alpha value is -1.59. The molecule has 5 heteroatoms. The molecule has 1 amide bonds. The number of nitrogens with one attached hydrogen (secondary N) is 3. The molecule has 2 fully saturated rings. The molecule has 132 valence electrons. The molecule has 0 bridgehead atoms. The number of hydrogen-bond acceptors (Lipinski definition) is 2. The molecule has 0 unspecified atom stereocenters. The van der Waals surface area contributed by atoms with Crippen LogP contribution in [0.3, 0.4) is 0 Å². The number of piperidine rings is 1. The van der Waals surface area contributed by atoms with Crippen molar-refractivity contribution < 1.29 is 14.6 Å². The van der Waals surface area contributed by atoms with E-state index in [0.717, 1.165) is 31.9 Å². The van der Waals surface area contributed by atoms with Crippen molar-refractivity contribution in [3.8, 4) is 0 Å². The fraction of sp³-hybridized carbons (Fsp3) is 0.632. The summed E-state index contributed by atoms with van der Waals surface area (Å²) in [6.45, 7) is 11.0. The predicted molar refractivity (Wildman–Crippen MR) is 97.9 cm³/mol. The highest BCUT2D eigenvalue weighted by Crippen LogP contribution is 2.17. The summed E-state index contributed by atoms with van der Waals surface area (Å²) < 4.78 is 0. The van der Waals surface area contributed by atoms with E-state index in [9.17, 15) is 4.79 Å². The van der Waals surface area contributed by atoms with Crippen molar-refractivity contribution in [1.82, 2.24) is 0 Å². The zero-order valence-corrected chi connectivity index (χ0v) is 14.9. The van der Waals surface area contributed by atoms with E-state index < -0.39 is 0 Å². The molecule has 0 atom stereocenters. The normalized spacial score (nSPS) is 20.1. The van der Waals surface area contributed by atoms with Gasteiger partial charge < -0.3 is 20.0 Å². The molecule has 0 aromatic heterocycles. The van der Waals surface area contributed by atoms with Crippen LogP contribution in [0, 0.1) is 0 Å². The molecular formula is C19H32N4O+2. The quantitative estimate of drug-likeness (QED) is 0.675. The molecule has 1 aromatic carbocycles. The molecule has 0 spiro atoms. The maximum absolute atomic E-state index is 12.2. The van der Waals surface area contributed by atoms with Gasteiger partial charge in [-0.15, -0.1) is 0 Å². The lowest BCUT2D eigenvalue weighted by atomic mass is 10.1.